The molecular weight excluding hydrogens is 370 g/mol. The number of hydrazine groups is 1. The molecule has 1 aliphatic heterocycles. The fraction of sp³-hybridized carbons (Fsp3) is 0.818. The molecule has 0 spiro atoms. The number of amides is 4. The van der Waals surface area contributed by atoms with E-state index in [0.717, 1.165) is 44.9 Å². The summed E-state index contributed by atoms with van der Waals surface area (Å²) in [6.07, 6.45) is 10.2. The fourth-order valence-corrected chi connectivity index (χ4v) is 7.38. The van der Waals surface area contributed by atoms with E-state index in [1.54, 1.807) is 0 Å². The lowest BCUT2D eigenvalue weighted by Crippen LogP contribution is -2.56. The molecule has 5 saturated carbocycles. The predicted octanol–water partition coefficient (Wildman–Crippen LogP) is 1.92. The highest BCUT2D eigenvalue weighted by atomic mass is 16.2. The van der Waals surface area contributed by atoms with E-state index >= 15 is 0 Å². The van der Waals surface area contributed by atoms with E-state index in [2.05, 4.69) is 10.9 Å². The lowest BCUT2D eigenvalue weighted by molar-refractivity contribution is -0.149. The molecule has 2 N–H and O–H groups in total. The predicted molar refractivity (Wildman–Crippen MR) is 104 cm³/mol. The summed E-state index contributed by atoms with van der Waals surface area (Å²) in [6, 6.07) is 0. The number of hydrogen-bond acceptors (Lipinski definition) is 4. The van der Waals surface area contributed by atoms with Gasteiger partial charge in [-0.05, 0) is 69.1 Å². The Morgan fingerprint density at radius 1 is 0.862 bits per heavy atom. The maximum atomic E-state index is 12.9. The van der Waals surface area contributed by atoms with Crippen molar-refractivity contribution in [1.82, 2.24) is 15.8 Å². The van der Waals surface area contributed by atoms with Crippen molar-refractivity contribution in [2.45, 2.75) is 70.6 Å². The number of fused-ring (bicyclic) bond motifs is 1. The average molecular weight is 402 g/mol. The van der Waals surface area contributed by atoms with Gasteiger partial charge in [0, 0.05) is 13.0 Å². The highest BCUT2D eigenvalue weighted by molar-refractivity contribution is 6.05. The van der Waals surface area contributed by atoms with Crippen LogP contribution >= 0.6 is 0 Å². The second-order valence-electron chi connectivity index (χ2n) is 10.3. The highest BCUT2D eigenvalue weighted by Gasteiger charge is 2.54. The van der Waals surface area contributed by atoms with Crippen molar-refractivity contribution < 1.29 is 19.2 Å². The Kier molecular flexibility index (Phi) is 4.67. The van der Waals surface area contributed by atoms with Gasteiger partial charge in [0.05, 0.1) is 17.3 Å². The largest absolute Gasteiger partial charge is 0.282 e. The molecular formula is C22H31N3O4. The standard InChI is InChI=1S/C22H31N3O4/c26-18(5-6-25-19(27)16-3-1-2-4-17(16)20(25)28)23-24-21(29)22-10-13-7-14(11-22)9-15(8-13)12-22/h13-17H,1-12H2,(H,23,26)(H,24,29)/t13?,14?,15?,16-,17-,22?/m1/s1. The summed E-state index contributed by atoms with van der Waals surface area (Å²) in [5, 5.41) is 0. The van der Waals surface area contributed by atoms with Crippen molar-refractivity contribution in [2.24, 2.45) is 35.0 Å². The summed E-state index contributed by atoms with van der Waals surface area (Å²) in [5.74, 6) is 0.985. The Morgan fingerprint density at radius 2 is 1.38 bits per heavy atom. The first-order valence-electron chi connectivity index (χ1n) is 11.4. The topological polar surface area (TPSA) is 95.6 Å². The molecule has 4 bridgehead atoms. The molecule has 7 heteroatoms. The smallest absolute Gasteiger partial charge is 0.244 e. The maximum Gasteiger partial charge on any atom is 0.244 e. The van der Waals surface area contributed by atoms with Gasteiger partial charge in [0.2, 0.25) is 23.6 Å². The highest BCUT2D eigenvalue weighted by Crippen LogP contribution is 2.60. The first-order valence-corrected chi connectivity index (χ1v) is 11.4. The zero-order chi connectivity index (χ0) is 20.2. The Balaban J connectivity index is 1.12. The van der Waals surface area contributed by atoms with Crippen LogP contribution in [0.5, 0.6) is 0 Å². The van der Waals surface area contributed by atoms with Crippen LogP contribution in [0.3, 0.4) is 0 Å². The molecule has 1 saturated heterocycles. The SMILES string of the molecule is O=C(CCN1C(=O)[C@@H]2CCCC[C@H]2C1=O)NNC(=O)C12CC3CC(CC(C3)C1)C2. The number of carbonyl (C=O) groups is 4. The zero-order valence-electron chi connectivity index (χ0n) is 17.0. The van der Waals surface area contributed by atoms with Crippen molar-refractivity contribution >= 4 is 23.6 Å². The number of rotatable bonds is 4. The fourth-order valence-electron chi connectivity index (χ4n) is 7.38. The summed E-state index contributed by atoms with van der Waals surface area (Å²) >= 11 is 0. The first-order chi connectivity index (χ1) is 13.9. The van der Waals surface area contributed by atoms with Crippen LogP contribution in [0.2, 0.25) is 0 Å². The summed E-state index contributed by atoms with van der Waals surface area (Å²) < 4.78 is 0. The third kappa shape index (κ3) is 3.26. The molecule has 6 rings (SSSR count). The van der Waals surface area contributed by atoms with E-state index < -0.39 is 0 Å². The van der Waals surface area contributed by atoms with E-state index in [4.69, 9.17) is 0 Å². The van der Waals surface area contributed by atoms with Gasteiger partial charge in [0.1, 0.15) is 0 Å². The summed E-state index contributed by atoms with van der Waals surface area (Å²) in [6.45, 7) is 0.101. The maximum absolute atomic E-state index is 12.9. The van der Waals surface area contributed by atoms with E-state index in [-0.39, 0.29) is 53.8 Å². The van der Waals surface area contributed by atoms with Crippen LogP contribution in [-0.4, -0.2) is 35.1 Å². The number of imide groups is 1. The summed E-state index contributed by atoms with van der Waals surface area (Å²) in [7, 11) is 0. The van der Waals surface area contributed by atoms with Crippen LogP contribution in [0.25, 0.3) is 0 Å². The Morgan fingerprint density at radius 3 is 1.90 bits per heavy atom. The van der Waals surface area contributed by atoms with Crippen LogP contribution in [0.4, 0.5) is 0 Å². The van der Waals surface area contributed by atoms with Gasteiger partial charge in [-0.3, -0.25) is 34.9 Å². The molecule has 1 heterocycles. The van der Waals surface area contributed by atoms with E-state index in [1.807, 2.05) is 0 Å². The molecule has 0 radical (unpaired) electrons. The molecule has 4 amide bonds. The van der Waals surface area contributed by atoms with Crippen molar-refractivity contribution in [3.05, 3.63) is 0 Å². The number of nitrogens with zero attached hydrogens (tertiary/aromatic N) is 1. The van der Waals surface area contributed by atoms with Crippen molar-refractivity contribution in [3.8, 4) is 0 Å². The van der Waals surface area contributed by atoms with Crippen LogP contribution in [0.15, 0.2) is 0 Å². The van der Waals surface area contributed by atoms with Gasteiger partial charge in [-0.1, -0.05) is 12.8 Å². The molecule has 158 valence electrons. The lowest BCUT2D eigenvalue weighted by atomic mass is 9.49. The molecule has 29 heavy (non-hydrogen) atoms. The minimum Gasteiger partial charge on any atom is -0.282 e. The van der Waals surface area contributed by atoms with Gasteiger partial charge >= 0.3 is 0 Å². The Hall–Kier alpha value is -1.92. The summed E-state index contributed by atoms with van der Waals surface area (Å²) in [4.78, 5) is 51.4. The second-order valence-corrected chi connectivity index (χ2v) is 10.3. The molecule has 5 aliphatic carbocycles. The van der Waals surface area contributed by atoms with Crippen LogP contribution < -0.4 is 10.9 Å². The molecule has 7 nitrogen and oxygen atoms in total. The zero-order valence-corrected chi connectivity index (χ0v) is 17.0. The van der Waals surface area contributed by atoms with Gasteiger partial charge in [0.25, 0.3) is 0 Å². The number of carbonyl (C=O) groups excluding carboxylic acids is 4. The Bertz CT molecular complexity index is 689. The summed E-state index contributed by atoms with van der Waals surface area (Å²) in [5.41, 5.74) is 4.89. The third-order valence-electron chi connectivity index (χ3n) is 8.33. The van der Waals surface area contributed by atoms with Gasteiger partial charge in [0.15, 0.2) is 0 Å². The normalized spacial score (nSPS) is 40.1. The molecule has 6 aliphatic rings. The van der Waals surface area contributed by atoms with Crippen molar-refractivity contribution in [3.63, 3.8) is 0 Å². The third-order valence-corrected chi connectivity index (χ3v) is 8.33. The average Bonchev–Trinajstić information content (AvgIpc) is 2.94. The second kappa shape index (κ2) is 7.10. The quantitative estimate of drug-likeness (QED) is 0.556. The molecule has 0 aromatic carbocycles. The minimum absolute atomic E-state index is 0.0259. The lowest BCUT2D eigenvalue weighted by Gasteiger charge is -2.55. The number of nitrogens with one attached hydrogen (secondary N) is 2. The number of hydrogen-bond donors (Lipinski definition) is 2. The molecule has 6 fully saturated rings. The van der Waals surface area contributed by atoms with E-state index in [0.29, 0.717) is 17.8 Å². The molecule has 0 unspecified atom stereocenters. The van der Waals surface area contributed by atoms with Gasteiger partial charge < -0.3 is 0 Å². The van der Waals surface area contributed by atoms with Crippen LogP contribution in [-0.2, 0) is 19.2 Å². The van der Waals surface area contributed by atoms with Gasteiger partial charge in [-0.15, -0.1) is 0 Å². The van der Waals surface area contributed by atoms with Crippen molar-refractivity contribution in [1.29, 1.82) is 0 Å². The Labute approximate surface area is 171 Å². The molecule has 2 atom stereocenters. The van der Waals surface area contributed by atoms with Crippen LogP contribution in [0, 0.1) is 35.0 Å². The van der Waals surface area contributed by atoms with Gasteiger partial charge in [-0.2, -0.15) is 0 Å². The first kappa shape index (κ1) is 19.1. The van der Waals surface area contributed by atoms with E-state index in [9.17, 15) is 19.2 Å². The molecule has 0 aromatic heterocycles. The molecule has 0 aromatic rings. The number of likely N-dealkylation sites (tertiary alicyclic amines) is 1. The minimum atomic E-state index is -0.349. The van der Waals surface area contributed by atoms with Crippen LogP contribution in [0.1, 0.15) is 70.6 Å². The van der Waals surface area contributed by atoms with Gasteiger partial charge in [-0.25, -0.2) is 0 Å². The monoisotopic (exact) mass is 401 g/mol. The van der Waals surface area contributed by atoms with E-state index in [1.165, 1.54) is 24.2 Å². The van der Waals surface area contributed by atoms with Crippen molar-refractivity contribution in [2.75, 3.05) is 6.54 Å².